The van der Waals surface area contributed by atoms with E-state index in [0.717, 1.165) is 22.7 Å². The minimum absolute atomic E-state index is 0.750. The third-order valence-electron chi connectivity index (χ3n) is 1.08. The lowest BCUT2D eigenvalue weighted by Gasteiger charge is -1.90. The van der Waals surface area contributed by atoms with E-state index in [1.54, 1.807) is 0 Å². The van der Waals surface area contributed by atoms with Crippen molar-refractivity contribution in [1.29, 1.82) is 10.8 Å². The fourth-order valence-electron chi connectivity index (χ4n) is 0.551. The largest absolute Gasteiger partial charge is 0.231 e. The second kappa shape index (κ2) is 11.3. The molecule has 0 bridgehead atoms. The summed E-state index contributed by atoms with van der Waals surface area (Å²) in [5.74, 6) is 0. The normalized spacial score (nSPS) is 6.43. The van der Waals surface area contributed by atoms with E-state index < -0.39 is 0 Å². The molecular formula is C9H9ClN2O2. The molecule has 2 N–H and O–H groups in total. The van der Waals surface area contributed by atoms with Gasteiger partial charge in [0.2, 0.25) is 12.2 Å². The van der Waals surface area contributed by atoms with Crippen LogP contribution in [-0.2, 0) is 9.59 Å². The van der Waals surface area contributed by atoms with Gasteiger partial charge in [0.1, 0.15) is 0 Å². The molecule has 0 saturated heterocycles. The molecule has 0 aliphatic carbocycles. The first-order chi connectivity index (χ1) is 6.63. The predicted molar refractivity (Wildman–Crippen MR) is 53.0 cm³/mol. The van der Waals surface area contributed by atoms with Gasteiger partial charge in [0.05, 0.1) is 0 Å². The van der Waals surface area contributed by atoms with Crippen LogP contribution in [0.2, 0.25) is 5.02 Å². The molecule has 0 amide bonds. The highest BCUT2D eigenvalue weighted by molar-refractivity contribution is 6.31. The molecule has 74 valence electrons. The molecule has 4 nitrogen and oxygen atoms in total. The summed E-state index contributed by atoms with van der Waals surface area (Å²) < 4.78 is 0. The average molecular weight is 213 g/mol. The number of isocyanates is 2. The molecule has 1 aromatic rings. The number of nitrogens with one attached hydrogen (secondary N) is 2. The number of hydrogen-bond donors (Lipinski definition) is 2. The van der Waals surface area contributed by atoms with Crippen molar-refractivity contribution in [3.63, 3.8) is 0 Å². The molecule has 0 aromatic heterocycles. The van der Waals surface area contributed by atoms with Crippen molar-refractivity contribution in [2.24, 2.45) is 0 Å². The topological polar surface area (TPSA) is 81.8 Å². The van der Waals surface area contributed by atoms with Crippen LogP contribution >= 0.6 is 11.6 Å². The Balaban J connectivity index is 0. The predicted octanol–water partition coefficient (Wildman–Crippen LogP) is 2.45. The number of halogens is 1. The number of carbonyl (C=O) groups excluding carboxylic acids is 2. The van der Waals surface area contributed by atoms with E-state index in [1.807, 2.05) is 31.2 Å². The van der Waals surface area contributed by atoms with E-state index in [2.05, 4.69) is 0 Å². The SMILES string of the molecule is Cc1ccccc1Cl.N=C=O.N=C=O. The Morgan fingerprint density at radius 2 is 1.50 bits per heavy atom. The first-order valence-corrected chi connectivity index (χ1v) is 3.80. The summed E-state index contributed by atoms with van der Waals surface area (Å²) in [5.41, 5.74) is 1.13. The summed E-state index contributed by atoms with van der Waals surface area (Å²) in [6, 6.07) is 7.77. The molecule has 0 radical (unpaired) electrons. The molecular weight excluding hydrogens is 204 g/mol. The van der Waals surface area contributed by atoms with Gasteiger partial charge in [0, 0.05) is 5.02 Å². The summed E-state index contributed by atoms with van der Waals surface area (Å²) in [4.78, 5) is 16.7. The number of aryl methyl sites for hydroxylation is 1. The van der Waals surface area contributed by atoms with Crippen LogP contribution in [0.4, 0.5) is 0 Å². The molecule has 0 atom stereocenters. The summed E-state index contributed by atoms with van der Waals surface area (Å²) >= 11 is 5.71. The highest BCUT2D eigenvalue weighted by Gasteiger charge is 1.86. The second-order valence-electron chi connectivity index (χ2n) is 1.95. The lowest BCUT2D eigenvalue weighted by atomic mass is 10.2. The Bertz CT molecular complexity index is 294. The maximum absolute atomic E-state index is 8.35. The molecule has 0 unspecified atom stereocenters. The van der Waals surface area contributed by atoms with Crippen molar-refractivity contribution in [3.8, 4) is 0 Å². The molecule has 0 aliphatic heterocycles. The van der Waals surface area contributed by atoms with Gasteiger partial charge in [-0.1, -0.05) is 29.8 Å². The van der Waals surface area contributed by atoms with Gasteiger partial charge >= 0.3 is 0 Å². The van der Waals surface area contributed by atoms with Crippen LogP contribution in [0.3, 0.4) is 0 Å². The van der Waals surface area contributed by atoms with Crippen LogP contribution in [0.5, 0.6) is 0 Å². The molecule has 0 saturated carbocycles. The monoisotopic (exact) mass is 212 g/mol. The second-order valence-corrected chi connectivity index (χ2v) is 2.36. The van der Waals surface area contributed by atoms with Crippen molar-refractivity contribution in [2.45, 2.75) is 6.92 Å². The molecule has 0 fully saturated rings. The average Bonchev–Trinajstić information content (AvgIpc) is 2.13. The smallest absolute Gasteiger partial charge is 0.222 e. The number of benzene rings is 1. The van der Waals surface area contributed by atoms with Crippen molar-refractivity contribution < 1.29 is 9.59 Å². The van der Waals surface area contributed by atoms with E-state index in [4.69, 9.17) is 32.0 Å². The Hall–Kier alpha value is -1.73. The molecule has 1 aromatic carbocycles. The van der Waals surface area contributed by atoms with Gasteiger partial charge in [-0.25, -0.2) is 20.4 Å². The highest BCUT2D eigenvalue weighted by Crippen LogP contribution is 2.11. The van der Waals surface area contributed by atoms with Crippen LogP contribution in [0.15, 0.2) is 24.3 Å². The number of rotatable bonds is 0. The van der Waals surface area contributed by atoms with E-state index in [1.165, 1.54) is 0 Å². The molecule has 5 heteroatoms. The van der Waals surface area contributed by atoms with E-state index in [9.17, 15) is 0 Å². The van der Waals surface area contributed by atoms with Crippen LogP contribution in [-0.4, -0.2) is 12.2 Å². The maximum atomic E-state index is 8.35. The lowest BCUT2D eigenvalue weighted by molar-refractivity contribution is 0.562. The van der Waals surface area contributed by atoms with Crippen LogP contribution < -0.4 is 0 Å². The Morgan fingerprint density at radius 3 is 1.71 bits per heavy atom. The van der Waals surface area contributed by atoms with Crippen molar-refractivity contribution >= 4 is 23.8 Å². The minimum atomic E-state index is 0.750. The van der Waals surface area contributed by atoms with Gasteiger partial charge < -0.3 is 0 Å². The van der Waals surface area contributed by atoms with Gasteiger partial charge in [0.25, 0.3) is 0 Å². The zero-order valence-corrected chi connectivity index (χ0v) is 8.26. The van der Waals surface area contributed by atoms with Crippen LogP contribution in [0.1, 0.15) is 5.56 Å². The Kier molecular flexibility index (Phi) is 11.9. The standard InChI is InChI=1S/C7H7Cl.2CHNO/c1-6-4-2-3-5-7(6)8;2*2-1-3/h2-5H,1H3;2*2H. The van der Waals surface area contributed by atoms with Gasteiger partial charge in [-0.2, -0.15) is 0 Å². The third kappa shape index (κ3) is 10.3. The summed E-state index contributed by atoms with van der Waals surface area (Å²) in [5, 5.41) is 11.6. The molecule has 14 heavy (non-hydrogen) atoms. The van der Waals surface area contributed by atoms with E-state index in [0.29, 0.717) is 0 Å². The molecule has 0 spiro atoms. The van der Waals surface area contributed by atoms with Crippen molar-refractivity contribution in [1.82, 2.24) is 0 Å². The quantitative estimate of drug-likeness (QED) is 0.512. The fourth-order valence-corrected chi connectivity index (χ4v) is 0.687. The Morgan fingerprint density at radius 1 is 1.14 bits per heavy atom. The van der Waals surface area contributed by atoms with Gasteiger partial charge in [-0.3, -0.25) is 0 Å². The van der Waals surface area contributed by atoms with E-state index in [-0.39, 0.29) is 0 Å². The third-order valence-corrected chi connectivity index (χ3v) is 1.50. The maximum Gasteiger partial charge on any atom is 0.231 e. The fraction of sp³-hybridized carbons (Fsp3) is 0.111. The summed E-state index contributed by atoms with van der Waals surface area (Å²) in [7, 11) is 0. The Labute approximate surface area is 86.5 Å². The summed E-state index contributed by atoms with van der Waals surface area (Å²) in [6.07, 6.45) is 1.50. The lowest BCUT2D eigenvalue weighted by Crippen LogP contribution is -1.68. The summed E-state index contributed by atoms with van der Waals surface area (Å²) in [6.45, 7) is 1.99. The number of hydrogen-bond acceptors (Lipinski definition) is 4. The van der Waals surface area contributed by atoms with Crippen molar-refractivity contribution in [2.75, 3.05) is 0 Å². The molecule has 0 aliphatic rings. The zero-order chi connectivity index (χ0) is 11.4. The van der Waals surface area contributed by atoms with Crippen molar-refractivity contribution in [3.05, 3.63) is 34.9 Å². The molecule has 0 heterocycles. The first kappa shape index (κ1) is 14.8. The minimum Gasteiger partial charge on any atom is -0.222 e. The highest BCUT2D eigenvalue weighted by atomic mass is 35.5. The van der Waals surface area contributed by atoms with Gasteiger partial charge in [0.15, 0.2) is 0 Å². The van der Waals surface area contributed by atoms with Gasteiger partial charge in [-0.05, 0) is 18.6 Å². The van der Waals surface area contributed by atoms with Gasteiger partial charge in [-0.15, -0.1) is 0 Å². The zero-order valence-electron chi connectivity index (χ0n) is 7.50. The molecule has 1 rings (SSSR count). The first-order valence-electron chi connectivity index (χ1n) is 3.42. The van der Waals surface area contributed by atoms with E-state index >= 15 is 0 Å². The van der Waals surface area contributed by atoms with Crippen LogP contribution in [0.25, 0.3) is 0 Å². The van der Waals surface area contributed by atoms with Crippen LogP contribution in [0, 0.1) is 17.7 Å².